The monoisotopic (exact) mass is 603 g/mol. The lowest BCUT2D eigenvalue weighted by molar-refractivity contribution is -0.127. The van der Waals surface area contributed by atoms with Crippen molar-refractivity contribution in [2.75, 3.05) is 6.54 Å². The molecule has 0 N–H and O–H groups in total. The average molecular weight is 604 g/mol. The molecule has 6 heteroatoms. The molecule has 0 aliphatic heterocycles. The molecule has 5 rings (SSSR count). The molecule has 0 saturated heterocycles. The highest BCUT2D eigenvalue weighted by Crippen LogP contribution is 2.70. The quantitative estimate of drug-likeness (QED) is 0.195. The summed E-state index contributed by atoms with van der Waals surface area (Å²) in [6.07, 6.45) is 19.5. The molecule has 0 bridgehead atoms. The van der Waals surface area contributed by atoms with E-state index >= 15 is 0 Å². The number of unbranched alkanes of at least 4 members (excludes halogenated alkanes) is 3. The van der Waals surface area contributed by atoms with Crippen LogP contribution in [0.3, 0.4) is 0 Å². The van der Waals surface area contributed by atoms with Crippen molar-refractivity contribution < 1.29 is 23.9 Å². The Labute approximate surface area is 264 Å². The molecule has 4 unspecified atom stereocenters. The van der Waals surface area contributed by atoms with E-state index in [1.54, 1.807) is 17.4 Å². The van der Waals surface area contributed by atoms with Crippen LogP contribution in [0.5, 0.6) is 0 Å². The molecule has 1 amide bonds. The second kappa shape index (κ2) is 12.6. The molecule has 6 atom stereocenters. The summed E-state index contributed by atoms with van der Waals surface area (Å²) < 4.78 is 5.80. The van der Waals surface area contributed by atoms with Crippen molar-refractivity contribution in [2.24, 2.45) is 34.5 Å². The largest absolute Gasteiger partial charge is 0.443 e. The van der Waals surface area contributed by atoms with Crippen molar-refractivity contribution in [3.63, 3.8) is 0 Å². The van der Waals surface area contributed by atoms with E-state index < -0.39 is 5.60 Å². The fourth-order valence-corrected chi connectivity index (χ4v) is 9.79. The molecule has 2 fully saturated rings. The van der Waals surface area contributed by atoms with Crippen LogP contribution < -0.4 is 0 Å². The summed E-state index contributed by atoms with van der Waals surface area (Å²) in [6.45, 7) is 12.9. The van der Waals surface area contributed by atoms with Gasteiger partial charge in [-0.3, -0.25) is 14.5 Å². The first-order valence-electron chi connectivity index (χ1n) is 17.1. The minimum Gasteiger partial charge on any atom is -0.443 e. The van der Waals surface area contributed by atoms with Crippen LogP contribution in [-0.4, -0.2) is 41.0 Å². The normalized spacial score (nSPS) is 33.1. The van der Waals surface area contributed by atoms with E-state index in [0.717, 1.165) is 76.2 Å². The Bertz CT molecular complexity index is 1310. The van der Waals surface area contributed by atoms with Gasteiger partial charge in [-0.1, -0.05) is 38.0 Å². The highest BCUT2D eigenvalue weighted by molar-refractivity contribution is 5.93. The van der Waals surface area contributed by atoms with Gasteiger partial charge in [0.15, 0.2) is 5.78 Å². The number of nitrogens with zero attached hydrogens (tertiary/aromatic N) is 1. The van der Waals surface area contributed by atoms with Crippen LogP contribution >= 0.6 is 0 Å². The minimum atomic E-state index is -0.594. The van der Waals surface area contributed by atoms with Gasteiger partial charge in [-0.2, -0.15) is 0 Å². The van der Waals surface area contributed by atoms with Crippen LogP contribution in [0.25, 0.3) is 0 Å². The molecule has 0 radical (unpaired) electrons. The van der Waals surface area contributed by atoms with Crippen molar-refractivity contribution >= 4 is 23.9 Å². The minimum absolute atomic E-state index is 0.0246. The van der Waals surface area contributed by atoms with Crippen molar-refractivity contribution in [3.05, 3.63) is 46.7 Å². The van der Waals surface area contributed by atoms with Crippen LogP contribution in [0.2, 0.25) is 0 Å². The smallest absolute Gasteiger partial charge is 0.414 e. The zero-order chi connectivity index (χ0) is 31.9. The van der Waals surface area contributed by atoms with Crippen LogP contribution in [0, 0.1) is 34.5 Å². The van der Waals surface area contributed by atoms with Gasteiger partial charge in [-0.25, -0.2) is 4.79 Å². The van der Waals surface area contributed by atoms with E-state index in [4.69, 9.17) is 4.74 Å². The topological polar surface area (TPSA) is 80.8 Å². The molecule has 240 valence electrons. The Morgan fingerprint density at radius 3 is 2.52 bits per heavy atom. The second-order valence-electron chi connectivity index (χ2n) is 15.6. The van der Waals surface area contributed by atoms with E-state index in [1.807, 2.05) is 26.8 Å². The van der Waals surface area contributed by atoms with Crippen LogP contribution in [0.1, 0.15) is 119 Å². The van der Waals surface area contributed by atoms with Gasteiger partial charge in [0.1, 0.15) is 17.7 Å². The van der Waals surface area contributed by atoms with E-state index in [-0.39, 0.29) is 34.5 Å². The molecule has 0 aromatic carbocycles. The third kappa shape index (κ3) is 6.20. The Morgan fingerprint density at radius 1 is 1.09 bits per heavy atom. The summed E-state index contributed by atoms with van der Waals surface area (Å²) in [7, 11) is 0. The molecule has 0 heterocycles. The first-order chi connectivity index (χ1) is 20.8. The lowest BCUT2D eigenvalue weighted by atomic mass is 9.45. The molecule has 44 heavy (non-hydrogen) atoms. The Kier molecular flexibility index (Phi) is 9.31. The van der Waals surface area contributed by atoms with Crippen molar-refractivity contribution in [1.82, 2.24) is 4.90 Å². The number of amides is 1. The number of Topliss-reactive ketones (excluding diaryl/α,β-unsaturated/α-hetero) is 1. The molecule has 5 aliphatic rings. The summed E-state index contributed by atoms with van der Waals surface area (Å²) in [6, 6.07) is 0. The van der Waals surface area contributed by atoms with Gasteiger partial charge in [0, 0.05) is 31.0 Å². The molecule has 6 nitrogen and oxygen atoms in total. The molecule has 2 saturated carbocycles. The predicted octanol–water partition coefficient (Wildman–Crippen LogP) is 8.47. The summed E-state index contributed by atoms with van der Waals surface area (Å²) >= 11 is 0. The van der Waals surface area contributed by atoms with Gasteiger partial charge in [-0.15, -0.1) is 0 Å². The number of aldehydes is 1. The molecular weight excluding hydrogens is 550 g/mol. The lowest BCUT2D eigenvalue weighted by Crippen LogP contribution is -2.52. The highest BCUT2D eigenvalue weighted by Gasteiger charge is 2.62. The number of ketones is 2. The number of hydrogen-bond acceptors (Lipinski definition) is 5. The van der Waals surface area contributed by atoms with Gasteiger partial charge in [-0.05, 0) is 137 Å². The summed E-state index contributed by atoms with van der Waals surface area (Å²) in [5, 5.41) is 0. The van der Waals surface area contributed by atoms with Gasteiger partial charge in [0.25, 0.3) is 0 Å². The summed E-state index contributed by atoms with van der Waals surface area (Å²) in [5.41, 5.74) is 4.53. The van der Waals surface area contributed by atoms with Crippen molar-refractivity contribution in [1.29, 1.82) is 0 Å². The maximum absolute atomic E-state index is 13.3. The number of ether oxygens (including phenoxy) is 1. The number of rotatable bonds is 9. The van der Waals surface area contributed by atoms with Gasteiger partial charge < -0.3 is 9.53 Å². The van der Waals surface area contributed by atoms with Gasteiger partial charge in [0.05, 0.1) is 0 Å². The molecule has 0 aromatic rings. The number of fused-ring (bicyclic) bond motifs is 4. The zero-order valence-corrected chi connectivity index (χ0v) is 27.9. The standard InChI is InChI=1S/C38H53NO5/c1-25(41)32-17-18-33-37(5)20-19-27-23-29(42)15-16-30(27)34(37)31(24-38(32,33)6)26-11-13-28(14-12-26)39(21-9-7-8-10-22-40)35(43)44-36(2,3)4/h11,13-14,22-23,26,31-33H,7-10,12,15-21,24H2,1-6H3/t26?,31-,32-,33?,37?,38?/m1/s1. The number of carbonyl (C=O) groups excluding carboxylic acids is 4. The van der Waals surface area contributed by atoms with E-state index in [2.05, 4.69) is 32.1 Å². The third-order valence-corrected chi connectivity index (χ3v) is 11.6. The van der Waals surface area contributed by atoms with Crippen molar-refractivity contribution in [3.8, 4) is 0 Å². The Hall–Kier alpha value is -2.76. The van der Waals surface area contributed by atoms with Crippen LogP contribution in [-0.2, 0) is 19.1 Å². The highest BCUT2D eigenvalue weighted by atomic mass is 16.6. The Balaban J connectivity index is 1.46. The first kappa shape index (κ1) is 32.6. The van der Waals surface area contributed by atoms with E-state index in [1.165, 1.54) is 11.1 Å². The molecule has 5 aliphatic carbocycles. The van der Waals surface area contributed by atoms with E-state index in [9.17, 15) is 19.2 Å². The Morgan fingerprint density at radius 2 is 1.86 bits per heavy atom. The number of carbonyl (C=O) groups is 4. The second-order valence-corrected chi connectivity index (χ2v) is 15.6. The average Bonchev–Trinajstić information content (AvgIpc) is 3.32. The third-order valence-electron chi connectivity index (χ3n) is 11.6. The van der Waals surface area contributed by atoms with Crippen molar-refractivity contribution in [2.45, 2.75) is 124 Å². The molecular formula is C38H53NO5. The SMILES string of the molecule is CC(=O)[C@H]1CCC2C3(C)CCC4=CC(=O)CCC4=C3[C@@H](C3C=CC(N(CCCCCC=O)C(=O)OC(C)(C)C)=CC3)CC21C. The summed E-state index contributed by atoms with van der Waals surface area (Å²) in [4.78, 5) is 51.3. The maximum Gasteiger partial charge on any atom is 0.414 e. The maximum atomic E-state index is 13.3. The zero-order valence-electron chi connectivity index (χ0n) is 27.9. The van der Waals surface area contributed by atoms with Gasteiger partial charge >= 0.3 is 6.09 Å². The predicted molar refractivity (Wildman–Crippen MR) is 173 cm³/mol. The van der Waals surface area contributed by atoms with Gasteiger partial charge in [0.2, 0.25) is 0 Å². The van der Waals surface area contributed by atoms with E-state index in [0.29, 0.717) is 37.0 Å². The van der Waals surface area contributed by atoms with Crippen LogP contribution in [0.4, 0.5) is 4.79 Å². The number of allylic oxidation sites excluding steroid dienone is 7. The lowest BCUT2D eigenvalue weighted by Gasteiger charge is -2.59. The fourth-order valence-electron chi connectivity index (χ4n) is 9.79. The number of hydrogen-bond donors (Lipinski definition) is 0. The first-order valence-corrected chi connectivity index (χ1v) is 17.1. The van der Waals surface area contributed by atoms with Crippen LogP contribution in [0.15, 0.2) is 46.7 Å². The molecule has 0 spiro atoms. The molecule has 0 aromatic heterocycles. The summed E-state index contributed by atoms with van der Waals surface area (Å²) in [5.74, 6) is 1.71. The fraction of sp³-hybridized carbons (Fsp3) is 0.684.